The van der Waals surface area contributed by atoms with Crippen molar-refractivity contribution >= 4 is 92.8 Å². The first-order chi connectivity index (χ1) is 57.5. The second kappa shape index (κ2) is 33.1. The number of ether oxygens (including phenoxy) is 3. The zero-order valence-corrected chi connectivity index (χ0v) is 76.6. The van der Waals surface area contributed by atoms with E-state index in [-0.39, 0.29) is 36.3 Å². The Labute approximate surface area is 729 Å². The molecule has 644 valence electrons. The van der Waals surface area contributed by atoms with Crippen LogP contribution in [0.15, 0.2) is 198 Å². The molecule has 3 aromatic carbocycles. The molecule has 0 aliphatic carbocycles. The second-order valence-electron chi connectivity index (χ2n) is 38.9. The van der Waals surface area contributed by atoms with Crippen LogP contribution >= 0.6 is 42.6 Å². The average Bonchev–Trinajstić information content (AvgIpc) is 1.35. The van der Waals surface area contributed by atoms with Crippen molar-refractivity contribution in [1.29, 1.82) is 0 Å². The molecular formula is C96H114Cl3N12O10P. The molecule has 0 spiro atoms. The quantitative estimate of drug-likeness (QED) is 0.0614. The largest absolute Gasteiger partial charge is 0.481 e. The van der Waals surface area contributed by atoms with Gasteiger partial charge in [-0.05, 0) is 106 Å². The number of phosphoric ester groups is 1. The molecule has 0 radical (unpaired) electrons. The van der Waals surface area contributed by atoms with Crippen LogP contribution in [-0.2, 0) is 69.2 Å². The third-order valence-corrected chi connectivity index (χ3v) is 26.7. The molecule has 9 aromatic heterocycles. The van der Waals surface area contributed by atoms with Crippen LogP contribution in [0.1, 0.15) is 141 Å². The summed E-state index contributed by atoms with van der Waals surface area (Å²) < 4.78 is 74.6. The summed E-state index contributed by atoms with van der Waals surface area (Å²) in [5, 5.41) is 3.75. The van der Waals surface area contributed by atoms with E-state index in [9.17, 15) is 14.4 Å². The van der Waals surface area contributed by atoms with Crippen LogP contribution in [-0.4, -0.2) is 121 Å². The van der Waals surface area contributed by atoms with E-state index < -0.39 is 57.5 Å². The molecule has 0 N–H and O–H groups in total. The average molecular weight is 1730 g/mol. The highest BCUT2D eigenvalue weighted by molar-refractivity contribution is 7.48. The van der Waals surface area contributed by atoms with E-state index in [0.717, 1.165) is 33.8 Å². The maximum atomic E-state index is 20.1. The minimum atomic E-state index is -5.73. The van der Waals surface area contributed by atoms with Crippen molar-refractivity contribution in [1.82, 2.24) is 42.4 Å². The van der Waals surface area contributed by atoms with Crippen molar-refractivity contribution in [3.05, 3.63) is 246 Å². The lowest BCUT2D eigenvalue weighted by molar-refractivity contribution is -0.259. The summed E-state index contributed by atoms with van der Waals surface area (Å²) in [5.74, 6) is 0. The van der Waals surface area contributed by atoms with E-state index in [0.29, 0.717) is 160 Å². The number of anilines is 3. The molecule has 0 amide bonds. The highest BCUT2D eigenvalue weighted by atomic mass is 35.5. The molecule has 3 aliphatic heterocycles. The number of halogens is 3. The third-order valence-electron chi connectivity index (χ3n) is 24.5. The van der Waals surface area contributed by atoms with E-state index in [2.05, 4.69) is 158 Å². The summed E-state index contributed by atoms with van der Waals surface area (Å²) >= 11 is 19.6. The van der Waals surface area contributed by atoms with Crippen LogP contribution in [0.5, 0.6) is 0 Å². The molecule has 12 heterocycles. The first-order valence-electron chi connectivity index (χ1n) is 42.1. The molecule has 3 aliphatic rings. The molecular weight excluding hydrogens is 1620 g/mol. The van der Waals surface area contributed by atoms with Gasteiger partial charge < -0.3 is 56.3 Å². The number of fused-ring (bicyclic) bond motifs is 3. The molecule has 0 bridgehead atoms. The van der Waals surface area contributed by atoms with Gasteiger partial charge in [0.15, 0.2) is 17.2 Å². The first kappa shape index (κ1) is 87.7. The molecule has 26 heteroatoms. The fourth-order valence-corrected chi connectivity index (χ4v) is 23.3. The lowest BCUT2D eigenvalue weighted by atomic mass is 9.68. The second-order valence-corrected chi connectivity index (χ2v) is 41.7. The molecule has 3 saturated heterocycles. The van der Waals surface area contributed by atoms with Gasteiger partial charge in [0.2, 0.25) is 0 Å². The standard InChI is InChI=1S/C96H114Cl3N12O10P/c1-88(2,3)94(89(4,5)6,109-61-79(76-52-73(55-100-85(76)109)103-34-40-116-41-35-103)67-28-31-106(82(112)49-67)58-64-22-19-25-70(97)46-64)119-122(115,120-95(90(7,8)9,91(10,11)12)110-62-80(77-53-74(56-101-86(77)110)104-36-42-117-43-37-104)68-29-32-107(83(113)50-68)59-65-23-20-26-71(98)47-65)121-96(92(13,14)15,93(16,17)18)111-63-81(78-54-75(57-102-87(78)111)105-38-44-118-45-39-105)69-30-33-108(84(114)51-69)60-66-24-21-27-72(99)48-66/h19-33,46-57,61-63H,34-45,58-60H2,1-18H3. The van der Waals surface area contributed by atoms with E-state index in [1.54, 1.807) is 50.5 Å². The predicted molar refractivity (Wildman–Crippen MR) is 491 cm³/mol. The first-order valence-corrected chi connectivity index (χ1v) is 44.7. The lowest BCUT2D eigenvalue weighted by Gasteiger charge is -2.59. The van der Waals surface area contributed by atoms with Crippen LogP contribution in [0.25, 0.3) is 66.5 Å². The third kappa shape index (κ3) is 16.5. The molecule has 22 nitrogen and oxygen atoms in total. The normalized spacial score (nSPS) is 15.5. The van der Waals surface area contributed by atoms with Gasteiger partial charge in [-0.25, -0.2) is 19.5 Å². The zero-order valence-electron chi connectivity index (χ0n) is 73.5. The number of phosphoric acid groups is 1. The molecule has 0 unspecified atom stereocenters. The van der Waals surface area contributed by atoms with Crippen molar-refractivity contribution in [3.63, 3.8) is 0 Å². The van der Waals surface area contributed by atoms with Crippen molar-refractivity contribution in [3.8, 4) is 33.4 Å². The van der Waals surface area contributed by atoms with Crippen LogP contribution in [0.3, 0.4) is 0 Å². The van der Waals surface area contributed by atoms with Crippen LogP contribution < -0.4 is 31.4 Å². The minimum Gasteiger partial charge on any atom is -0.378 e. The summed E-state index contributed by atoms with van der Waals surface area (Å²) in [4.78, 5) is 68.1. The molecule has 122 heavy (non-hydrogen) atoms. The fourth-order valence-electron chi connectivity index (χ4n) is 19.6. The van der Waals surface area contributed by atoms with Crippen LogP contribution in [0.2, 0.25) is 15.1 Å². The van der Waals surface area contributed by atoms with Gasteiger partial charge in [-0.2, -0.15) is 0 Å². The summed E-state index contributed by atoms with van der Waals surface area (Å²) in [5.41, 5.74) is -3.04. The van der Waals surface area contributed by atoms with Gasteiger partial charge in [0, 0.05) is 175 Å². The van der Waals surface area contributed by atoms with E-state index in [4.69, 9.17) is 77.5 Å². The van der Waals surface area contributed by atoms with Crippen LogP contribution in [0, 0.1) is 32.5 Å². The number of benzene rings is 3. The Hall–Kier alpha value is -9.16. The molecule has 15 rings (SSSR count). The maximum Gasteiger partial charge on any atom is 0.481 e. The van der Waals surface area contributed by atoms with Gasteiger partial charge in [0.25, 0.3) is 16.7 Å². The van der Waals surface area contributed by atoms with E-state index >= 15 is 4.57 Å². The lowest BCUT2D eigenvalue weighted by Crippen LogP contribution is -2.61. The fraction of sp³-hybridized carbons (Fsp3) is 0.438. The highest BCUT2D eigenvalue weighted by Gasteiger charge is 2.68. The number of morpholine rings is 3. The van der Waals surface area contributed by atoms with Crippen molar-refractivity contribution in [2.24, 2.45) is 32.5 Å². The van der Waals surface area contributed by atoms with Crippen molar-refractivity contribution < 1.29 is 32.3 Å². The zero-order chi connectivity index (χ0) is 87.2. The van der Waals surface area contributed by atoms with Gasteiger partial charge in [-0.1, -0.05) is 196 Å². The summed E-state index contributed by atoms with van der Waals surface area (Å²) in [6, 6.07) is 39.6. The van der Waals surface area contributed by atoms with Crippen LogP contribution in [0.4, 0.5) is 17.1 Å². The number of hydrogen-bond donors (Lipinski definition) is 0. The summed E-state index contributed by atoms with van der Waals surface area (Å²) in [7, 11) is -5.73. The maximum absolute atomic E-state index is 20.1. The summed E-state index contributed by atoms with van der Waals surface area (Å²) in [6.07, 6.45) is 17.0. The monoisotopic (exact) mass is 1730 g/mol. The molecule has 12 aromatic rings. The molecule has 3 fully saturated rings. The Morgan fingerprint density at radius 2 is 0.598 bits per heavy atom. The van der Waals surface area contributed by atoms with Crippen molar-refractivity contribution in [2.45, 2.75) is 161 Å². The highest BCUT2D eigenvalue weighted by Crippen LogP contribution is 2.73. The van der Waals surface area contributed by atoms with E-state index in [1.165, 1.54) is 0 Å². The Kier molecular flexibility index (Phi) is 23.8. The summed E-state index contributed by atoms with van der Waals surface area (Å²) in [6.45, 7) is 44.9. The van der Waals surface area contributed by atoms with Gasteiger partial charge in [0.1, 0.15) is 16.9 Å². The Bertz CT molecular complexity index is 5530. The number of hydrogen-bond acceptors (Lipinski definition) is 16. The number of pyridine rings is 6. The number of nitrogens with zero attached hydrogens (tertiary/aromatic N) is 12. The predicted octanol–water partition coefficient (Wildman–Crippen LogP) is 20.6. The smallest absolute Gasteiger partial charge is 0.378 e. The SMILES string of the molecule is CC(C)(C)C(OP(=O)(OC(n1cc(-c2ccn(Cc3cccc(Cl)c3)c(=O)c2)c2cc(N3CCOCC3)cnc21)(C(C)(C)C)C(C)(C)C)OC(n1cc(-c2ccn(Cc3cccc(Cl)c3)c(=O)c2)c2cc(N3CCOCC3)cnc21)(C(C)(C)C)C(C)(C)C)(n1cc(-c2ccn(Cc3cccc(Cl)c3)c(=O)c2)c2cc(N3CCOCC3)cnc21)C(C)(C)C. The minimum absolute atomic E-state index is 0.251. The van der Waals surface area contributed by atoms with E-state index in [1.807, 2.05) is 142 Å². The Morgan fingerprint density at radius 1 is 0.352 bits per heavy atom. The Morgan fingerprint density at radius 3 is 0.820 bits per heavy atom. The van der Waals surface area contributed by atoms with Gasteiger partial charge in [-0.3, -0.25) is 28.0 Å². The topological polar surface area (TPSA) is 202 Å². The number of aromatic nitrogens is 9. The molecule has 0 saturated carbocycles. The van der Waals surface area contributed by atoms with Gasteiger partial charge in [-0.15, -0.1) is 0 Å². The van der Waals surface area contributed by atoms with Gasteiger partial charge in [0.05, 0.1) is 94.9 Å². The van der Waals surface area contributed by atoms with Crippen molar-refractivity contribution in [2.75, 3.05) is 93.6 Å². The number of rotatable bonds is 21. The molecule has 0 atom stereocenters. The Balaban J connectivity index is 1.02. The van der Waals surface area contributed by atoms with Gasteiger partial charge >= 0.3 is 7.82 Å².